The number of carbonyl (C=O) groups excluding carboxylic acids is 1. The van der Waals surface area contributed by atoms with E-state index in [4.69, 9.17) is 14.0 Å². The lowest BCUT2D eigenvalue weighted by molar-refractivity contribution is -0.309. The van der Waals surface area contributed by atoms with Gasteiger partial charge >= 0.3 is 23.1 Å². The number of aliphatic hydroxyl groups excluding tert-OH is 1. The molecule has 4 aliphatic carbocycles. The van der Waals surface area contributed by atoms with Gasteiger partial charge in [-0.3, -0.25) is 9.35 Å². The molecule has 0 radical (unpaired) electrons. The molecule has 8 nitrogen and oxygen atoms in total. The van der Waals surface area contributed by atoms with Crippen molar-refractivity contribution in [3.63, 3.8) is 0 Å². The molecular weight excluding hydrogens is 490 g/mol. The highest BCUT2D eigenvalue weighted by Crippen LogP contribution is 2.66. The Morgan fingerprint density at radius 3 is 2.00 bits per heavy atom. The van der Waals surface area contributed by atoms with Gasteiger partial charge in [-0.1, -0.05) is 0 Å². The maximum Gasteiger partial charge on any atom is 0.423 e. The van der Waals surface area contributed by atoms with E-state index >= 15 is 0 Å². The molecule has 3 atom stereocenters. The van der Waals surface area contributed by atoms with Gasteiger partial charge in [0.25, 0.3) is 10.1 Å². The molecule has 1 aliphatic heterocycles. The third-order valence-corrected chi connectivity index (χ3v) is 9.03. The monoisotopic (exact) mass is 512 g/mol. The Hall–Kier alpha value is -1.16. The molecule has 1 heterocycles. The number of ether oxygens (including phenoxy) is 3. The van der Waals surface area contributed by atoms with Crippen molar-refractivity contribution in [3.8, 4) is 0 Å². The lowest BCUT2D eigenvalue weighted by Crippen LogP contribution is -2.66. The van der Waals surface area contributed by atoms with Crippen LogP contribution in [0.3, 0.4) is 0 Å². The summed E-state index contributed by atoms with van der Waals surface area (Å²) >= 11 is 0. The highest BCUT2D eigenvalue weighted by Gasteiger charge is 2.80. The second kappa shape index (κ2) is 7.42. The van der Waals surface area contributed by atoms with Crippen LogP contribution in [0.2, 0.25) is 0 Å². The average molecular weight is 512 g/mol. The standard InChI is InChI=1S/C18H22F6O8S/c19-17(20,21)15(18(22,23)24,33(27,28)29)8-30-13(26)14-3-9-1-10(4-14)16(11(2-9)5-14)31-7-12(6-25)32-16/h9-12,25H,1-8H2,(H,27,28,29). The molecule has 3 unspecified atom stereocenters. The molecule has 15 heteroatoms. The van der Waals surface area contributed by atoms with Crippen LogP contribution in [0.4, 0.5) is 26.3 Å². The van der Waals surface area contributed by atoms with Gasteiger partial charge in [0.05, 0.1) is 18.6 Å². The molecule has 2 N–H and O–H groups in total. The molecular formula is C18H22F6O8S. The zero-order chi connectivity index (χ0) is 24.7. The second-order valence-corrected chi connectivity index (χ2v) is 11.1. The van der Waals surface area contributed by atoms with Crippen LogP contribution in [-0.4, -0.2) is 72.9 Å². The van der Waals surface area contributed by atoms with Crippen LogP contribution in [0, 0.1) is 23.2 Å². The molecule has 1 spiro atoms. The van der Waals surface area contributed by atoms with Gasteiger partial charge in [-0.25, -0.2) is 0 Å². The summed E-state index contributed by atoms with van der Waals surface area (Å²) in [5, 5.41) is 9.35. The Labute approximate surface area is 184 Å². The molecule has 0 amide bonds. The molecule has 4 bridgehead atoms. The largest absolute Gasteiger partial charge is 0.463 e. The summed E-state index contributed by atoms with van der Waals surface area (Å²) in [5.74, 6) is -3.34. The summed E-state index contributed by atoms with van der Waals surface area (Å²) in [4.78, 5) is 12.9. The quantitative estimate of drug-likeness (QED) is 0.327. The first kappa shape index (κ1) is 24.9. The Balaban J connectivity index is 1.59. The first-order chi connectivity index (χ1) is 15.0. The van der Waals surface area contributed by atoms with Gasteiger partial charge in [0.2, 0.25) is 0 Å². The van der Waals surface area contributed by atoms with Crippen LogP contribution in [0.5, 0.6) is 0 Å². The lowest BCUT2D eigenvalue weighted by Gasteiger charge is -2.61. The first-order valence-electron chi connectivity index (χ1n) is 10.2. The molecule has 5 fully saturated rings. The normalized spacial score (nSPS) is 38.8. The molecule has 0 aromatic heterocycles. The number of hydrogen-bond donors (Lipinski definition) is 2. The van der Waals surface area contributed by atoms with Gasteiger partial charge in [0.15, 0.2) is 5.79 Å². The zero-order valence-corrected chi connectivity index (χ0v) is 17.8. The topological polar surface area (TPSA) is 119 Å². The third kappa shape index (κ3) is 3.48. The molecule has 190 valence electrons. The second-order valence-electron chi connectivity index (χ2n) is 9.45. The summed E-state index contributed by atoms with van der Waals surface area (Å²) in [7, 11) is -6.81. The minimum Gasteiger partial charge on any atom is -0.463 e. The number of rotatable bonds is 5. The fourth-order valence-electron chi connectivity index (χ4n) is 6.26. The maximum atomic E-state index is 13.3. The van der Waals surface area contributed by atoms with E-state index in [0.29, 0.717) is 12.8 Å². The molecule has 4 saturated carbocycles. The van der Waals surface area contributed by atoms with Gasteiger partial charge in [-0.15, -0.1) is 0 Å². The van der Waals surface area contributed by atoms with Crippen LogP contribution in [0.1, 0.15) is 32.1 Å². The number of hydrogen-bond acceptors (Lipinski definition) is 7. The van der Waals surface area contributed by atoms with Crippen LogP contribution >= 0.6 is 0 Å². The number of aliphatic hydroxyl groups is 1. The van der Waals surface area contributed by atoms with E-state index in [9.17, 15) is 44.7 Å². The molecule has 0 aromatic rings. The summed E-state index contributed by atoms with van der Waals surface area (Å²) in [5.41, 5.74) is -1.42. The Morgan fingerprint density at radius 2 is 1.58 bits per heavy atom. The molecule has 0 aromatic carbocycles. The van der Waals surface area contributed by atoms with E-state index in [1.165, 1.54) is 0 Å². The summed E-state index contributed by atoms with van der Waals surface area (Å²) in [6.45, 7) is -2.84. The van der Waals surface area contributed by atoms with Crippen molar-refractivity contribution < 1.29 is 63.4 Å². The SMILES string of the molecule is O=C(OCC(C(F)(F)F)(C(F)(F)F)S(=O)(=O)O)C12CC3CC(C1)C1(OCC(CO)O1)C(C3)C2. The Kier molecular flexibility index (Phi) is 5.61. The number of esters is 1. The molecule has 1 saturated heterocycles. The van der Waals surface area contributed by atoms with E-state index in [2.05, 4.69) is 4.74 Å². The van der Waals surface area contributed by atoms with E-state index < -0.39 is 68.9 Å². The van der Waals surface area contributed by atoms with Gasteiger partial charge in [0, 0.05) is 11.8 Å². The fraction of sp³-hybridized carbons (Fsp3) is 0.944. The predicted molar refractivity (Wildman–Crippen MR) is 94.0 cm³/mol. The maximum absolute atomic E-state index is 13.3. The summed E-state index contributed by atoms with van der Waals surface area (Å²) in [6.07, 6.45) is -12.3. The smallest absolute Gasteiger partial charge is 0.423 e. The zero-order valence-electron chi connectivity index (χ0n) is 17.0. The van der Waals surface area contributed by atoms with Crippen molar-refractivity contribution in [1.29, 1.82) is 0 Å². The van der Waals surface area contributed by atoms with Crippen molar-refractivity contribution in [2.45, 2.75) is 61.1 Å². The third-order valence-electron chi connectivity index (χ3n) is 7.57. The summed E-state index contributed by atoms with van der Waals surface area (Å²) < 4.78 is 122. The van der Waals surface area contributed by atoms with Gasteiger partial charge in [-0.2, -0.15) is 34.8 Å². The van der Waals surface area contributed by atoms with Crippen molar-refractivity contribution in [2.24, 2.45) is 23.2 Å². The van der Waals surface area contributed by atoms with Crippen LogP contribution in [-0.2, 0) is 29.1 Å². The minimum absolute atomic E-state index is 0.00783. The van der Waals surface area contributed by atoms with Crippen LogP contribution in [0.25, 0.3) is 0 Å². The summed E-state index contributed by atoms with van der Waals surface area (Å²) in [6, 6.07) is 0. The highest BCUT2D eigenvalue weighted by molar-refractivity contribution is 7.87. The van der Waals surface area contributed by atoms with Crippen molar-refractivity contribution in [1.82, 2.24) is 0 Å². The van der Waals surface area contributed by atoms with Gasteiger partial charge < -0.3 is 19.3 Å². The Bertz CT molecular complexity index is 886. The van der Waals surface area contributed by atoms with E-state index in [1.54, 1.807) is 0 Å². The van der Waals surface area contributed by atoms with Crippen molar-refractivity contribution in [2.75, 3.05) is 19.8 Å². The molecule has 5 aliphatic rings. The van der Waals surface area contributed by atoms with E-state index in [1.807, 2.05) is 0 Å². The Morgan fingerprint density at radius 1 is 1.03 bits per heavy atom. The number of carbonyl (C=O) groups is 1. The molecule has 33 heavy (non-hydrogen) atoms. The predicted octanol–water partition coefficient (Wildman–Crippen LogP) is 2.21. The van der Waals surface area contributed by atoms with Crippen LogP contribution in [0.15, 0.2) is 0 Å². The van der Waals surface area contributed by atoms with Crippen molar-refractivity contribution in [3.05, 3.63) is 0 Å². The van der Waals surface area contributed by atoms with E-state index in [0.717, 1.165) is 0 Å². The number of alkyl halides is 6. The lowest BCUT2D eigenvalue weighted by atomic mass is 9.47. The first-order valence-corrected chi connectivity index (χ1v) is 11.7. The van der Waals surface area contributed by atoms with Gasteiger partial charge in [0.1, 0.15) is 12.7 Å². The highest BCUT2D eigenvalue weighted by atomic mass is 32.2. The average Bonchev–Trinajstić information content (AvgIpc) is 3.08. The fourth-order valence-corrected chi connectivity index (χ4v) is 7.05. The van der Waals surface area contributed by atoms with Crippen molar-refractivity contribution >= 4 is 16.1 Å². The minimum atomic E-state index is -6.81. The molecule has 5 rings (SSSR count). The number of halogens is 6. The van der Waals surface area contributed by atoms with Gasteiger partial charge in [-0.05, 0) is 38.0 Å². The van der Waals surface area contributed by atoms with Crippen LogP contribution < -0.4 is 0 Å². The van der Waals surface area contributed by atoms with E-state index in [-0.39, 0.29) is 38.4 Å².